The molecule has 6 heterocycles. The molecule has 4 aliphatic heterocycles. The number of carbonyl (C=O) groups is 5. The molecule has 33 nitrogen and oxygen atoms in total. The third kappa shape index (κ3) is 23.6. The average Bonchev–Trinajstić information content (AvgIpc) is 1.34. The fourth-order valence-corrected chi connectivity index (χ4v) is 13.2. The molecule has 3 saturated heterocycles. The van der Waals surface area contributed by atoms with Crippen LogP contribution in [0.1, 0.15) is 188 Å². The Balaban J connectivity index is 0.000000359. The second-order valence-corrected chi connectivity index (χ2v) is 26.8. The number of methoxy groups -OCH3 is 2. The molecule has 113 heavy (non-hydrogen) atoms. The van der Waals surface area contributed by atoms with Crippen molar-refractivity contribution >= 4 is 35.4 Å². The minimum atomic E-state index is -2.09. The summed E-state index contributed by atoms with van der Waals surface area (Å²) in [6.07, 6.45) is -3.95. The van der Waals surface area contributed by atoms with E-state index in [0.29, 0.717) is 49.3 Å². The summed E-state index contributed by atoms with van der Waals surface area (Å²) in [5.74, 6) is -0.0809. The number of nitrogen functional groups attached to an aromatic ring is 1. The number of hydrogen-bond donors (Lipinski definition) is 5. The number of amides is 2. The molecule has 1 unspecified atom stereocenters. The summed E-state index contributed by atoms with van der Waals surface area (Å²) in [5.41, 5.74) is 27.4. The van der Waals surface area contributed by atoms with E-state index < -0.39 is 127 Å². The molecule has 0 aliphatic carbocycles. The molecule has 9 rings (SSSR count). The summed E-state index contributed by atoms with van der Waals surface area (Å²) in [6.45, 7) is 7.26. The molecule has 0 spiro atoms. The Labute approximate surface area is 654 Å². The quantitative estimate of drug-likeness (QED) is 0.00810. The van der Waals surface area contributed by atoms with Gasteiger partial charge in [-0.2, -0.15) is 9.97 Å². The third-order valence-corrected chi connectivity index (χ3v) is 19.3. The SMILES string of the molecule is C.C.C.CCCCC(=O)CC[C@@]1(CN=[N+]=[N-])O[C@@H](n2ccc(C)nc2=O)[C@H](F)[C@@H]1OC(=O)CCCC.CCCCC(=O)CC[C@@]1(CN=[N+]=[N-])O[C@@H](n2ccc(N)nc2=O)[C@H](F)[C@@H]1OC(=O)CCCC.COc1ccc(C(NC2C=CN([C@@H]3O[C@@](CO)(CN=[N+]=[N-])[C@@H](O)[C@H]3F)C(=O)N2)(c2ccccc2)c2ccc(OC)cc2)cc1. The zero-order valence-electron chi connectivity index (χ0n) is 62.5. The number of urea groups is 1. The van der Waals surface area contributed by atoms with E-state index in [1.807, 2.05) is 107 Å². The maximum atomic E-state index is 15.7. The van der Waals surface area contributed by atoms with Crippen LogP contribution in [-0.4, -0.2) is 170 Å². The Morgan fingerprint density at radius 1 is 0.602 bits per heavy atom. The van der Waals surface area contributed by atoms with Crippen LogP contribution in [0.4, 0.5) is 23.8 Å². The number of aliphatic hydroxyl groups is 2. The number of nitrogens with one attached hydrogen (secondary N) is 2. The number of alkyl halides is 3. The van der Waals surface area contributed by atoms with Gasteiger partial charge in [0.25, 0.3) is 0 Å². The van der Waals surface area contributed by atoms with Crippen LogP contribution >= 0.6 is 0 Å². The number of aryl methyl sites for hydroxylation is 1. The van der Waals surface area contributed by atoms with Gasteiger partial charge in [0.05, 0.1) is 46.0 Å². The number of aliphatic hydroxyl groups excluding tert-OH is 2. The number of azide groups is 3. The number of halogens is 3. The molecule has 5 aromatic rings. The average molecular weight is 1580 g/mol. The van der Waals surface area contributed by atoms with Gasteiger partial charge in [0.15, 0.2) is 49.4 Å². The van der Waals surface area contributed by atoms with Crippen LogP contribution < -0.4 is 37.2 Å². The fraction of sp³-hybridized carbons (Fsp3) is 0.571. The van der Waals surface area contributed by atoms with E-state index in [0.717, 1.165) is 62.8 Å². The van der Waals surface area contributed by atoms with Crippen molar-refractivity contribution in [1.82, 2.24) is 34.6 Å². The molecule has 2 amide bonds. The van der Waals surface area contributed by atoms with Crippen LogP contribution in [0, 0.1) is 6.92 Å². The topological polar surface area (TPSA) is 460 Å². The molecule has 0 saturated carbocycles. The predicted molar refractivity (Wildman–Crippen MR) is 415 cm³/mol. The van der Waals surface area contributed by atoms with Crippen LogP contribution in [0.2, 0.25) is 0 Å². The number of hydrogen-bond acceptors (Lipinski definition) is 23. The van der Waals surface area contributed by atoms with Gasteiger partial charge in [0, 0.05) is 77.5 Å². The Morgan fingerprint density at radius 3 is 1.42 bits per heavy atom. The van der Waals surface area contributed by atoms with E-state index in [9.17, 15) is 43.8 Å². The lowest BCUT2D eigenvalue weighted by atomic mass is 9.76. The maximum absolute atomic E-state index is 15.7. The monoisotopic (exact) mass is 1580 g/mol. The summed E-state index contributed by atoms with van der Waals surface area (Å²) < 4.78 is 88.0. The molecule has 3 aromatic carbocycles. The highest BCUT2D eigenvalue weighted by atomic mass is 19.1. The third-order valence-electron chi connectivity index (χ3n) is 19.3. The summed E-state index contributed by atoms with van der Waals surface area (Å²) in [7, 11) is 3.18. The van der Waals surface area contributed by atoms with Crippen molar-refractivity contribution in [3.8, 4) is 11.5 Å². The second kappa shape index (κ2) is 45.3. The van der Waals surface area contributed by atoms with Gasteiger partial charge in [-0.15, -0.1) is 0 Å². The van der Waals surface area contributed by atoms with Crippen molar-refractivity contribution in [2.45, 2.75) is 244 Å². The Bertz CT molecular complexity index is 4010. The molecule has 4 aliphatic rings. The van der Waals surface area contributed by atoms with Crippen LogP contribution in [0.3, 0.4) is 0 Å². The number of Topliss-reactive ketones (excluding diaryl/α,β-unsaturated/α-hetero) is 2. The van der Waals surface area contributed by atoms with E-state index >= 15 is 13.2 Å². The molecule has 3 fully saturated rings. The largest absolute Gasteiger partial charge is 0.497 e. The van der Waals surface area contributed by atoms with Crippen LogP contribution in [0.15, 0.2) is 141 Å². The Morgan fingerprint density at radius 2 is 1.02 bits per heavy atom. The van der Waals surface area contributed by atoms with Crippen molar-refractivity contribution < 1.29 is 80.5 Å². The highest BCUT2D eigenvalue weighted by Gasteiger charge is 2.61. The molecule has 2 aromatic heterocycles. The normalized spacial score (nSPS) is 23.9. The first-order chi connectivity index (χ1) is 52.9. The van der Waals surface area contributed by atoms with Gasteiger partial charge in [-0.25, -0.2) is 27.6 Å². The zero-order valence-corrected chi connectivity index (χ0v) is 62.5. The Kier molecular flexibility index (Phi) is 38.1. The number of benzene rings is 3. The number of nitrogens with two attached hydrogens (primary N) is 1. The summed E-state index contributed by atoms with van der Waals surface area (Å²) in [6, 6.07) is 27.0. The lowest BCUT2D eigenvalue weighted by Gasteiger charge is -2.41. The van der Waals surface area contributed by atoms with Crippen molar-refractivity contribution in [2.24, 2.45) is 15.3 Å². The van der Waals surface area contributed by atoms with Gasteiger partial charge < -0.3 is 54.4 Å². The number of nitrogens with zero attached hydrogens (tertiary/aromatic N) is 14. The number of unbranched alkanes of at least 4 members (excludes halogenated alkanes) is 4. The molecule has 618 valence electrons. The van der Waals surface area contributed by atoms with E-state index in [-0.39, 0.29) is 91.3 Å². The number of anilines is 1. The van der Waals surface area contributed by atoms with Gasteiger partial charge in [0.1, 0.15) is 58.0 Å². The van der Waals surface area contributed by atoms with Crippen molar-refractivity contribution in [3.63, 3.8) is 0 Å². The van der Waals surface area contributed by atoms with Crippen LogP contribution in [-0.2, 0) is 48.4 Å². The standard InChI is InChI=1S/C31H33FN6O6.C22H32FN5O5.C21H31FN6O5.3CH4/c1-42-23-12-8-21(9-13-23)31(20-6-4-3-5-7-20,22-10-14-24(43-2)15-11-22)36-25-16-17-38(29(41)35-25)28-26(32)27(40)30(19-39,44-28)18-34-37-33;1-4-6-8-16(29)10-12-22(14-25-27-24)19(32-17(30)9-7-5-2)18(23)20(33-22)28-13-11-15(3)26-21(28)31;1-3-5-7-14(29)9-11-21(13-25-27-24)18(32-16(30)8-6-4-2)17(22)19(33-21)28-12-10-15(23)26-20(28)31;;;/h3-17,25-28,36,39-40H,18-19H2,1-2H3,(H,35,41);11,13,18-20H,4-10,12,14H2,1-3H3;10,12,17-19H,3-9,11,13H2,1-2H3,(H2,23,26,31);3*1H4/t25?,26-,27+,28-,30-;18-,19+,20-,22+;17-,18+,19-,21+;;;/m111.../s1. The van der Waals surface area contributed by atoms with Crippen molar-refractivity contribution in [3.05, 3.63) is 190 Å². The van der Waals surface area contributed by atoms with Gasteiger partial charge in [-0.3, -0.25) is 38.5 Å². The number of carbonyl (C=O) groups excluding carboxylic acids is 5. The molecule has 0 radical (unpaired) electrons. The van der Waals surface area contributed by atoms with Gasteiger partial charge in [-0.1, -0.05) is 146 Å². The maximum Gasteiger partial charge on any atom is 0.351 e. The molecule has 0 bridgehead atoms. The van der Waals surface area contributed by atoms with Crippen molar-refractivity contribution in [1.29, 1.82) is 0 Å². The highest BCUT2D eigenvalue weighted by molar-refractivity contribution is 5.79. The molecule has 13 atom stereocenters. The lowest BCUT2D eigenvalue weighted by Crippen LogP contribution is -2.60. The fourth-order valence-electron chi connectivity index (χ4n) is 13.2. The number of rotatable bonds is 37. The van der Waals surface area contributed by atoms with Crippen LogP contribution in [0.5, 0.6) is 11.5 Å². The summed E-state index contributed by atoms with van der Waals surface area (Å²) >= 11 is 0. The number of esters is 2. The smallest absolute Gasteiger partial charge is 0.351 e. The van der Waals surface area contributed by atoms with Gasteiger partial charge >= 0.3 is 29.3 Å². The van der Waals surface area contributed by atoms with Crippen LogP contribution in [0.25, 0.3) is 31.3 Å². The second-order valence-electron chi connectivity index (χ2n) is 26.8. The van der Waals surface area contributed by atoms with E-state index in [1.165, 1.54) is 30.7 Å². The minimum absolute atomic E-state index is 0. The predicted octanol–water partition coefficient (Wildman–Crippen LogP) is 12.9. The van der Waals surface area contributed by atoms with E-state index in [1.54, 1.807) is 27.2 Å². The van der Waals surface area contributed by atoms with Crippen molar-refractivity contribution in [2.75, 3.05) is 46.2 Å². The molecule has 36 heteroatoms. The molecular weight excluding hydrogens is 1480 g/mol. The number of ether oxygens (including phenoxy) is 7. The molecular formula is C77H108F3N17O16. The lowest BCUT2D eigenvalue weighted by molar-refractivity contribution is -0.164. The van der Waals surface area contributed by atoms with E-state index in [4.69, 9.17) is 55.5 Å². The van der Waals surface area contributed by atoms with Gasteiger partial charge in [0.2, 0.25) is 0 Å². The first-order valence-electron chi connectivity index (χ1n) is 36.4. The number of ketones is 2. The Hall–Kier alpha value is -10.4. The van der Waals surface area contributed by atoms with E-state index in [2.05, 4.69) is 50.7 Å². The highest BCUT2D eigenvalue weighted by Crippen LogP contribution is 2.47. The zero-order chi connectivity index (χ0) is 80.2. The van der Waals surface area contributed by atoms with Gasteiger partial charge in [-0.05, 0) is 121 Å². The minimum Gasteiger partial charge on any atom is -0.497 e. The first kappa shape index (κ1) is 95.0. The summed E-state index contributed by atoms with van der Waals surface area (Å²) in [4.78, 5) is 104. The number of aromatic nitrogens is 4. The summed E-state index contributed by atoms with van der Waals surface area (Å²) in [5, 5.41) is 37.3. The molecule has 6 N–H and O–H groups in total. The first-order valence-corrected chi connectivity index (χ1v) is 36.4.